The SMILES string of the molecule is CC1(C)C2CC[C@@](C)(C2)[C@@]1(C)O. The van der Waals surface area contributed by atoms with Crippen molar-refractivity contribution in [2.24, 2.45) is 16.7 Å². The van der Waals surface area contributed by atoms with Crippen LogP contribution in [0.2, 0.25) is 0 Å². The van der Waals surface area contributed by atoms with Gasteiger partial charge in [0.05, 0.1) is 5.60 Å². The molecule has 2 fully saturated rings. The Morgan fingerprint density at radius 2 is 1.75 bits per heavy atom. The van der Waals surface area contributed by atoms with Gasteiger partial charge in [-0.2, -0.15) is 0 Å². The van der Waals surface area contributed by atoms with Gasteiger partial charge in [0, 0.05) is 0 Å². The van der Waals surface area contributed by atoms with E-state index in [9.17, 15) is 5.11 Å². The standard InChI is InChI=1S/C11H20O/c1-9(2)8-5-6-10(3,7-8)11(9,4)12/h8,12H,5-7H2,1-4H3/t8?,10-,11-/m0/s1. The molecule has 0 saturated heterocycles. The normalized spacial score (nSPS) is 56.2. The van der Waals surface area contributed by atoms with Gasteiger partial charge in [0.25, 0.3) is 0 Å². The first kappa shape index (κ1) is 8.55. The smallest absolute Gasteiger partial charge is 0.0726 e. The van der Waals surface area contributed by atoms with Crippen molar-refractivity contribution in [2.45, 2.75) is 52.6 Å². The highest BCUT2D eigenvalue weighted by molar-refractivity contribution is 5.15. The summed E-state index contributed by atoms with van der Waals surface area (Å²) in [5.41, 5.74) is -0.135. The summed E-state index contributed by atoms with van der Waals surface area (Å²) < 4.78 is 0. The second-order valence-electron chi connectivity index (χ2n) is 5.79. The van der Waals surface area contributed by atoms with Crippen LogP contribution in [0, 0.1) is 16.7 Å². The molecule has 0 heterocycles. The van der Waals surface area contributed by atoms with Crippen LogP contribution < -0.4 is 0 Å². The van der Waals surface area contributed by atoms with Crippen LogP contribution in [0.3, 0.4) is 0 Å². The molecule has 1 nitrogen and oxygen atoms in total. The highest BCUT2D eigenvalue weighted by Crippen LogP contribution is 2.67. The van der Waals surface area contributed by atoms with Crippen molar-refractivity contribution in [1.82, 2.24) is 0 Å². The Bertz CT molecular complexity index is 210. The molecule has 3 atom stereocenters. The van der Waals surface area contributed by atoms with Gasteiger partial charge in [-0.05, 0) is 42.9 Å². The molecule has 12 heavy (non-hydrogen) atoms. The van der Waals surface area contributed by atoms with Crippen LogP contribution in [-0.2, 0) is 0 Å². The zero-order valence-corrected chi connectivity index (χ0v) is 8.65. The molecule has 0 radical (unpaired) electrons. The summed E-state index contributed by atoms with van der Waals surface area (Å²) in [4.78, 5) is 0. The summed E-state index contributed by atoms with van der Waals surface area (Å²) in [7, 11) is 0. The van der Waals surface area contributed by atoms with E-state index in [0.29, 0.717) is 0 Å². The average molecular weight is 168 g/mol. The molecule has 2 rings (SSSR count). The van der Waals surface area contributed by atoms with E-state index in [2.05, 4.69) is 20.8 Å². The third-order valence-electron chi connectivity index (χ3n) is 5.19. The second kappa shape index (κ2) is 1.89. The van der Waals surface area contributed by atoms with Crippen LogP contribution in [0.5, 0.6) is 0 Å². The lowest BCUT2D eigenvalue weighted by Gasteiger charge is -2.48. The van der Waals surface area contributed by atoms with E-state index < -0.39 is 5.60 Å². The third kappa shape index (κ3) is 0.654. The number of fused-ring (bicyclic) bond motifs is 2. The third-order valence-corrected chi connectivity index (χ3v) is 5.19. The van der Waals surface area contributed by atoms with Gasteiger partial charge < -0.3 is 5.11 Å². The lowest BCUT2D eigenvalue weighted by molar-refractivity contribution is -0.128. The maximum absolute atomic E-state index is 10.5. The maximum Gasteiger partial charge on any atom is 0.0726 e. The molecule has 0 aromatic carbocycles. The predicted molar refractivity (Wildman–Crippen MR) is 49.9 cm³/mol. The topological polar surface area (TPSA) is 20.2 Å². The summed E-state index contributed by atoms with van der Waals surface area (Å²) in [6.45, 7) is 8.73. The van der Waals surface area contributed by atoms with Crippen LogP contribution in [0.4, 0.5) is 0 Å². The first-order chi connectivity index (χ1) is 5.31. The first-order valence-corrected chi connectivity index (χ1v) is 5.04. The van der Waals surface area contributed by atoms with Crippen molar-refractivity contribution in [3.05, 3.63) is 0 Å². The van der Waals surface area contributed by atoms with E-state index in [1.807, 2.05) is 6.92 Å². The Labute approximate surface area is 75.2 Å². The Morgan fingerprint density at radius 1 is 1.17 bits per heavy atom. The van der Waals surface area contributed by atoms with Gasteiger partial charge in [0.1, 0.15) is 0 Å². The number of aliphatic hydroxyl groups is 1. The minimum Gasteiger partial charge on any atom is -0.389 e. The molecule has 0 spiro atoms. The average Bonchev–Trinajstić information content (AvgIpc) is 2.36. The highest BCUT2D eigenvalue weighted by Gasteiger charge is 2.65. The molecule has 1 unspecified atom stereocenters. The van der Waals surface area contributed by atoms with Crippen molar-refractivity contribution in [1.29, 1.82) is 0 Å². The summed E-state index contributed by atoms with van der Waals surface area (Å²) in [5, 5.41) is 10.5. The lowest BCUT2D eigenvalue weighted by atomic mass is 9.61. The van der Waals surface area contributed by atoms with E-state index >= 15 is 0 Å². The van der Waals surface area contributed by atoms with Crippen LogP contribution >= 0.6 is 0 Å². The van der Waals surface area contributed by atoms with Crippen LogP contribution in [0.25, 0.3) is 0 Å². The number of hydrogen-bond acceptors (Lipinski definition) is 1. The molecule has 2 aliphatic carbocycles. The minimum atomic E-state index is -0.455. The van der Waals surface area contributed by atoms with Crippen molar-refractivity contribution in [2.75, 3.05) is 0 Å². The Balaban J connectivity index is 2.46. The molecule has 0 aliphatic heterocycles. The Kier molecular flexibility index (Phi) is 1.35. The van der Waals surface area contributed by atoms with Gasteiger partial charge in [-0.25, -0.2) is 0 Å². The highest BCUT2D eigenvalue weighted by atomic mass is 16.3. The van der Waals surface area contributed by atoms with E-state index in [1.54, 1.807) is 0 Å². The quantitative estimate of drug-likeness (QED) is 0.589. The molecule has 1 N–H and O–H groups in total. The number of rotatable bonds is 0. The Morgan fingerprint density at radius 3 is 2.00 bits per heavy atom. The molecule has 2 bridgehead atoms. The van der Waals surface area contributed by atoms with Crippen LogP contribution in [0.1, 0.15) is 47.0 Å². The summed E-state index contributed by atoms with van der Waals surface area (Å²) >= 11 is 0. The molecule has 0 aromatic heterocycles. The minimum absolute atomic E-state index is 0.125. The first-order valence-electron chi connectivity index (χ1n) is 5.04. The maximum atomic E-state index is 10.5. The molecule has 2 saturated carbocycles. The molecule has 0 aromatic rings. The molecule has 2 aliphatic rings. The van der Waals surface area contributed by atoms with Crippen molar-refractivity contribution in [3.8, 4) is 0 Å². The zero-order chi connectivity index (χ0) is 9.20. The molecular weight excluding hydrogens is 148 g/mol. The van der Waals surface area contributed by atoms with E-state index in [-0.39, 0.29) is 10.8 Å². The fraction of sp³-hybridized carbons (Fsp3) is 1.00. The zero-order valence-electron chi connectivity index (χ0n) is 8.65. The molecule has 70 valence electrons. The molecular formula is C11H20O. The Hall–Kier alpha value is -0.0400. The van der Waals surface area contributed by atoms with Gasteiger partial charge in [0.2, 0.25) is 0 Å². The second-order valence-corrected chi connectivity index (χ2v) is 5.79. The summed E-state index contributed by atoms with van der Waals surface area (Å²) in [6, 6.07) is 0. The molecule has 0 amide bonds. The number of hydrogen-bond donors (Lipinski definition) is 1. The summed E-state index contributed by atoms with van der Waals surface area (Å²) in [5.74, 6) is 0.748. The fourth-order valence-corrected chi connectivity index (χ4v) is 3.47. The van der Waals surface area contributed by atoms with E-state index in [1.165, 1.54) is 19.3 Å². The van der Waals surface area contributed by atoms with Gasteiger partial charge in [0.15, 0.2) is 0 Å². The van der Waals surface area contributed by atoms with Crippen LogP contribution in [-0.4, -0.2) is 10.7 Å². The van der Waals surface area contributed by atoms with Gasteiger partial charge in [-0.1, -0.05) is 20.8 Å². The van der Waals surface area contributed by atoms with Gasteiger partial charge >= 0.3 is 0 Å². The fourth-order valence-electron chi connectivity index (χ4n) is 3.47. The summed E-state index contributed by atoms with van der Waals surface area (Å²) in [6.07, 6.45) is 3.76. The van der Waals surface area contributed by atoms with Crippen molar-refractivity contribution < 1.29 is 5.11 Å². The van der Waals surface area contributed by atoms with E-state index in [0.717, 1.165) is 5.92 Å². The lowest BCUT2D eigenvalue weighted by Crippen LogP contribution is -2.51. The van der Waals surface area contributed by atoms with E-state index in [4.69, 9.17) is 0 Å². The predicted octanol–water partition coefficient (Wildman–Crippen LogP) is 2.58. The monoisotopic (exact) mass is 168 g/mol. The van der Waals surface area contributed by atoms with Crippen molar-refractivity contribution in [3.63, 3.8) is 0 Å². The largest absolute Gasteiger partial charge is 0.389 e. The van der Waals surface area contributed by atoms with Crippen LogP contribution in [0.15, 0.2) is 0 Å². The van der Waals surface area contributed by atoms with Gasteiger partial charge in [-0.3, -0.25) is 0 Å². The molecule has 1 heteroatoms. The van der Waals surface area contributed by atoms with Gasteiger partial charge in [-0.15, -0.1) is 0 Å². The van der Waals surface area contributed by atoms with Crippen molar-refractivity contribution >= 4 is 0 Å².